The fourth-order valence-corrected chi connectivity index (χ4v) is 3.23. The number of carbonyl (C=O) groups excluding carboxylic acids is 1. The van der Waals surface area contributed by atoms with Gasteiger partial charge in [0.15, 0.2) is 5.13 Å². The van der Waals surface area contributed by atoms with Crippen molar-refractivity contribution in [3.63, 3.8) is 0 Å². The number of hydrogen-bond acceptors (Lipinski definition) is 6. The van der Waals surface area contributed by atoms with E-state index in [4.69, 9.17) is 9.47 Å². The highest BCUT2D eigenvalue weighted by atomic mass is 32.1. The molecule has 3 aromatic rings. The summed E-state index contributed by atoms with van der Waals surface area (Å²) in [5, 5.41) is 8.44. The van der Waals surface area contributed by atoms with Crippen LogP contribution in [0, 0.1) is 6.92 Å². The molecule has 0 radical (unpaired) electrons. The number of benzene rings is 2. The van der Waals surface area contributed by atoms with Crippen molar-refractivity contribution in [2.45, 2.75) is 13.5 Å². The topological polar surface area (TPSA) is 72.5 Å². The van der Waals surface area contributed by atoms with Crippen molar-refractivity contribution in [3.05, 3.63) is 64.7 Å². The molecule has 1 heterocycles. The molecule has 0 atom stereocenters. The summed E-state index contributed by atoms with van der Waals surface area (Å²) in [4.78, 5) is 16.7. The molecule has 0 saturated heterocycles. The van der Waals surface area contributed by atoms with E-state index in [1.807, 2.05) is 49.4 Å². The number of nitrogens with zero attached hydrogens (tertiary/aromatic N) is 1. The van der Waals surface area contributed by atoms with Crippen LogP contribution in [-0.4, -0.2) is 25.1 Å². The summed E-state index contributed by atoms with van der Waals surface area (Å²) >= 11 is 1.37. The van der Waals surface area contributed by atoms with Gasteiger partial charge in [-0.05, 0) is 42.3 Å². The minimum absolute atomic E-state index is 0.224. The van der Waals surface area contributed by atoms with Gasteiger partial charge in [-0.1, -0.05) is 18.2 Å². The summed E-state index contributed by atoms with van der Waals surface area (Å²) in [7, 11) is 3.24. The Balaban J connectivity index is 1.64. The highest BCUT2D eigenvalue weighted by molar-refractivity contribution is 7.14. The molecule has 3 rings (SSSR count). The monoisotopic (exact) mass is 383 g/mol. The summed E-state index contributed by atoms with van der Waals surface area (Å²) in [5.74, 6) is 1.26. The number of aromatic nitrogens is 1. The van der Waals surface area contributed by atoms with E-state index in [0.717, 1.165) is 28.3 Å². The third-order valence-corrected chi connectivity index (χ3v) is 4.68. The molecule has 1 amide bonds. The average molecular weight is 383 g/mol. The highest BCUT2D eigenvalue weighted by Crippen LogP contribution is 2.30. The molecule has 2 N–H and O–H groups in total. The first-order chi connectivity index (χ1) is 13.1. The number of aryl methyl sites for hydroxylation is 1. The molecular weight excluding hydrogens is 362 g/mol. The van der Waals surface area contributed by atoms with Crippen LogP contribution in [0.15, 0.2) is 47.8 Å². The van der Waals surface area contributed by atoms with Crippen molar-refractivity contribution < 1.29 is 14.3 Å². The molecule has 0 spiro atoms. The third kappa shape index (κ3) is 4.77. The van der Waals surface area contributed by atoms with Crippen LogP contribution in [0.2, 0.25) is 0 Å². The summed E-state index contributed by atoms with van der Waals surface area (Å²) < 4.78 is 10.5. The maximum absolute atomic E-state index is 12.4. The zero-order chi connectivity index (χ0) is 19.2. The number of anilines is 2. The molecule has 2 aromatic carbocycles. The van der Waals surface area contributed by atoms with Crippen molar-refractivity contribution in [2.24, 2.45) is 0 Å². The summed E-state index contributed by atoms with van der Waals surface area (Å²) in [6, 6.07) is 13.4. The average Bonchev–Trinajstić information content (AvgIpc) is 3.15. The van der Waals surface area contributed by atoms with Gasteiger partial charge in [0.25, 0.3) is 5.91 Å². The molecule has 6 nitrogen and oxygen atoms in total. The molecule has 0 bridgehead atoms. The molecule has 7 heteroatoms. The van der Waals surface area contributed by atoms with Crippen molar-refractivity contribution in [2.75, 3.05) is 19.5 Å². The van der Waals surface area contributed by atoms with Gasteiger partial charge in [-0.3, -0.25) is 4.79 Å². The number of ether oxygens (including phenoxy) is 2. The van der Waals surface area contributed by atoms with E-state index in [2.05, 4.69) is 15.6 Å². The highest BCUT2D eigenvalue weighted by Gasteiger charge is 2.12. The van der Waals surface area contributed by atoms with Crippen LogP contribution in [0.5, 0.6) is 11.5 Å². The maximum atomic E-state index is 12.4. The Bertz CT molecular complexity index is 940. The molecule has 0 aliphatic heterocycles. The van der Waals surface area contributed by atoms with Gasteiger partial charge in [-0.15, -0.1) is 11.3 Å². The van der Waals surface area contributed by atoms with Gasteiger partial charge in [0.05, 0.1) is 19.9 Å². The maximum Gasteiger partial charge on any atom is 0.271 e. The van der Waals surface area contributed by atoms with Crippen LogP contribution in [0.25, 0.3) is 0 Å². The first-order valence-corrected chi connectivity index (χ1v) is 9.25. The summed E-state index contributed by atoms with van der Waals surface area (Å²) in [6.45, 7) is 2.41. The Morgan fingerprint density at radius 3 is 2.78 bits per heavy atom. The van der Waals surface area contributed by atoms with Crippen molar-refractivity contribution in [1.82, 2.24) is 10.3 Å². The zero-order valence-corrected chi connectivity index (χ0v) is 16.2. The van der Waals surface area contributed by atoms with Crippen LogP contribution in [0.1, 0.15) is 21.6 Å². The molecule has 0 aliphatic carbocycles. The number of carbonyl (C=O) groups is 1. The van der Waals surface area contributed by atoms with E-state index in [0.29, 0.717) is 17.4 Å². The fraction of sp³-hybridized carbons (Fsp3) is 0.200. The van der Waals surface area contributed by atoms with Crippen LogP contribution < -0.4 is 20.1 Å². The number of amides is 1. The normalized spacial score (nSPS) is 10.3. The van der Waals surface area contributed by atoms with E-state index < -0.39 is 0 Å². The molecular formula is C20H21N3O3S. The predicted molar refractivity (Wildman–Crippen MR) is 107 cm³/mol. The first kappa shape index (κ1) is 18.7. The molecule has 0 saturated carbocycles. The van der Waals surface area contributed by atoms with Crippen LogP contribution in [0.4, 0.5) is 10.8 Å². The Labute approximate surface area is 162 Å². The van der Waals surface area contributed by atoms with Gasteiger partial charge < -0.3 is 20.1 Å². The van der Waals surface area contributed by atoms with Crippen molar-refractivity contribution in [1.29, 1.82) is 0 Å². The second-order valence-corrected chi connectivity index (χ2v) is 6.76. The largest absolute Gasteiger partial charge is 0.497 e. The second-order valence-electron chi connectivity index (χ2n) is 5.90. The lowest BCUT2D eigenvalue weighted by atomic mass is 10.2. The Kier molecular flexibility index (Phi) is 5.93. The number of methoxy groups -OCH3 is 2. The predicted octanol–water partition coefficient (Wildman–Crippen LogP) is 4.14. The van der Waals surface area contributed by atoms with Crippen LogP contribution >= 0.6 is 11.3 Å². The minimum Gasteiger partial charge on any atom is -0.497 e. The molecule has 27 heavy (non-hydrogen) atoms. The number of thiazole rings is 1. The number of rotatable bonds is 7. The molecule has 0 unspecified atom stereocenters. The standard InChI is InChI=1S/C20H21N3O3S/c1-13-7-8-18(26-3)16(9-13)22-20-23-17(12-27-20)19(24)21-11-14-5-4-6-15(10-14)25-2/h4-10,12H,11H2,1-3H3,(H,21,24)(H,22,23). The van der Waals surface area contributed by atoms with Gasteiger partial charge >= 0.3 is 0 Å². The third-order valence-electron chi connectivity index (χ3n) is 3.92. The molecule has 1 aromatic heterocycles. The van der Waals surface area contributed by atoms with Gasteiger partial charge in [0.2, 0.25) is 0 Å². The van der Waals surface area contributed by atoms with Crippen molar-refractivity contribution >= 4 is 28.1 Å². The van der Waals surface area contributed by atoms with E-state index >= 15 is 0 Å². The number of nitrogens with one attached hydrogen (secondary N) is 2. The quantitative estimate of drug-likeness (QED) is 0.641. The van der Waals surface area contributed by atoms with Gasteiger partial charge in [0, 0.05) is 11.9 Å². The van der Waals surface area contributed by atoms with Crippen LogP contribution in [-0.2, 0) is 6.54 Å². The van der Waals surface area contributed by atoms with Gasteiger partial charge in [0.1, 0.15) is 17.2 Å². The van der Waals surface area contributed by atoms with Gasteiger partial charge in [-0.25, -0.2) is 4.98 Å². The lowest BCUT2D eigenvalue weighted by molar-refractivity contribution is 0.0946. The van der Waals surface area contributed by atoms with E-state index in [-0.39, 0.29) is 5.91 Å². The lowest BCUT2D eigenvalue weighted by Gasteiger charge is -2.09. The van der Waals surface area contributed by atoms with E-state index in [1.54, 1.807) is 19.6 Å². The summed E-state index contributed by atoms with van der Waals surface area (Å²) in [5.41, 5.74) is 3.25. The van der Waals surface area contributed by atoms with Crippen LogP contribution in [0.3, 0.4) is 0 Å². The lowest BCUT2D eigenvalue weighted by Crippen LogP contribution is -2.23. The zero-order valence-electron chi connectivity index (χ0n) is 15.4. The number of hydrogen-bond donors (Lipinski definition) is 2. The molecule has 140 valence electrons. The fourth-order valence-electron chi connectivity index (χ4n) is 2.53. The second kappa shape index (κ2) is 8.55. The van der Waals surface area contributed by atoms with E-state index in [1.165, 1.54) is 11.3 Å². The Morgan fingerprint density at radius 2 is 2.00 bits per heavy atom. The first-order valence-electron chi connectivity index (χ1n) is 8.37. The SMILES string of the molecule is COc1cccc(CNC(=O)c2csc(Nc3cc(C)ccc3OC)n2)c1. The Hall–Kier alpha value is -3.06. The van der Waals surface area contributed by atoms with Crippen molar-refractivity contribution in [3.8, 4) is 11.5 Å². The summed E-state index contributed by atoms with van der Waals surface area (Å²) in [6.07, 6.45) is 0. The molecule has 0 aliphatic rings. The molecule has 0 fully saturated rings. The van der Waals surface area contributed by atoms with E-state index in [9.17, 15) is 4.79 Å². The Morgan fingerprint density at radius 1 is 1.15 bits per heavy atom. The minimum atomic E-state index is -0.224. The van der Waals surface area contributed by atoms with Gasteiger partial charge in [-0.2, -0.15) is 0 Å². The smallest absolute Gasteiger partial charge is 0.271 e.